The number of hydrogen-bond acceptors (Lipinski definition) is 6. The number of ether oxygens (including phenoxy) is 2. The van der Waals surface area contributed by atoms with Crippen LogP contribution >= 0.6 is 0 Å². The highest BCUT2D eigenvalue weighted by Gasteiger charge is 2.29. The molecule has 2 aromatic rings. The van der Waals surface area contributed by atoms with E-state index in [2.05, 4.69) is 35.0 Å². The lowest BCUT2D eigenvalue weighted by molar-refractivity contribution is 0.111. The van der Waals surface area contributed by atoms with Crippen molar-refractivity contribution in [3.05, 3.63) is 35.5 Å². The van der Waals surface area contributed by atoms with E-state index in [9.17, 15) is 0 Å². The second-order valence-electron chi connectivity index (χ2n) is 6.82. The van der Waals surface area contributed by atoms with Crippen LogP contribution < -0.4 is 9.47 Å². The highest BCUT2D eigenvalue weighted by Crippen LogP contribution is 2.33. The minimum absolute atomic E-state index is 0.182. The van der Waals surface area contributed by atoms with E-state index >= 15 is 0 Å². The molecule has 6 heteroatoms. The molecule has 0 saturated carbocycles. The summed E-state index contributed by atoms with van der Waals surface area (Å²) in [5.74, 6) is 3.31. The van der Waals surface area contributed by atoms with Gasteiger partial charge in [0.15, 0.2) is 17.3 Å². The van der Waals surface area contributed by atoms with E-state index in [0.29, 0.717) is 0 Å². The third-order valence-corrected chi connectivity index (χ3v) is 4.71. The van der Waals surface area contributed by atoms with Gasteiger partial charge < -0.3 is 14.0 Å². The van der Waals surface area contributed by atoms with Gasteiger partial charge in [0, 0.05) is 12.5 Å². The van der Waals surface area contributed by atoms with Gasteiger partial charge in [0.2, 0.25) is 5.89 Å². The Hall–Kier alpha value is -2.08. The molecule has 1 aromatic heterocycles. The van der Waals surface area contributed by atoms with Crippen LogP contribution in [0.5, 0.6) is 11.5 Å². The Morgan fingerprint density at radius 3 is 2.68 bits per heavy atom. The van der Waals surface area contributed by atoms with Crippen LogP contribution in [0.15, 0.2) is 22.7 Å². The van der Waals surface area contributed by atoms with E-state index in [1.54, 1.807) is 14.2 Å². The van der Waals surface area contributed by atoms with Crippen molar-refractivity contribution in [2.45, 2.75) is 51.6 Å². The number of likely N-dealkylation sites (tertiary alicyclic amines) is 1. The topological polar surface area (TPSA) is 60.6 Å². The van der Waals surface area contributed by atoms with Gasteiger partial charge in [0.05, 0.1) is 20.3 Å². The third-order valence-electron chi connectivity index (χ3n) is 4.71. The van der Waals surface area contributed by atoms with Crippen LogP contribution in [0.2, 0.25) is 0 Å². The van der Waals surface area contributed by atoms with Gasteiger partial charge in [-0.25, -0.2) is 0 Å². The molecule has 0 N–H and O–H groups in total. The number of rotatable bonds is 6. The standard InChI is InChI=1S/C19H27N3O3/c1-13(2)18-20-19(25-21-18)15-7-5-6-10-22(15)12-14-8-9-16(23-3)17(11-14)24-4/h8-9,11,13,15H,5-7,10,12H2,1-4H3. The Balaban J connectivity index is 1.79. The summed E-state index contributed by atoms with van der Waals surface area (Å²) in [7, 11) is 3.32. The lowest BCUT2D eigenvalue weighted by atomic mass is 10.0. The van der Waals surface area contributed by atoms with Gasteiger partial charge in [0.25, 0.3) is 0 Å². The van der Waals surface area contributed by atoms with Crippen LogP contribution in [0.1, 0.15) is 62.3 Å². The smallest absolute Gasteiger partial charge is 0.244 e. The summed E-state index contributed by atoms with van der Waals surface area (Å²) >= 11 is 0. The molecule has 0 radical (unpaired) electrons. The number of aromatic nitrogens is 2. The Kier molecular flexibility index (Phi) is 5.58. The van der Waals surface area contributed by atoms with Crippen LogP contribution in [0.25, 0.3) is 0 Å². The molecule has 0 bridgehead atoms. The number of nitrogens with zero attached hydrogens (tertiary/aromatic N) is 3. The first kappa shape index (κ1) is 17.7. The molecule has 6 nitrogen and oxygen atoms in total. The predicted octanol–water partition coefficient (Wildman–Crippen LogP) is 3.94. The van der Waals surface area contributed by atoms with Gasteiger partial charge in [-0.3, -0.25) is 4.90 Å². The van der Waals surface area contributed by atoms with Gasteiger partial charge in [-0.05, 0) is 37.1 Å². The third kappa shape index (κ3) is 3.95. The molecule has 1 aliphatic heterocycles. The second kappa shape index (κ2) is 7.87. The van der Waals surface area contributed by atoms with Crippen molar-refractivity contribution >= 4 is 0 Å². The van der Waals surface area contributed by atoms with Crippen LogP contribution in [0.3, 0.4) is 0 Å². The molecule has 3 rings (SSSR count). The molecular formula is C19H27N3O3. The molecule has 1 saturated heterocycles. The zero-order chi connectivity index (χ0) is 17.8. The first-order chi connectivity index (χ1) is 12.1. The minimum atomic E-state index is 0.182. The molecule has 1 unspecified atom stereocenters. The summed E-state index contributed by atoms with van der Waals surface area (Å²) < 4.78 is 16.3. The van der Waals surface area contributed by atoms with Gasteiger partial charge >= 0.3 is 0 Å². The SMILES string of the molecule is COc1ccc(CN2CCCCC2c2nc(C(C)C)no2)cc1OC. The zero-order valence-corrected chi connectivity index (χ0v) is 15.5. The maximum absolute atomic E-state index is 5.57. The molecule has 0 amide bonds. The summed E-state index contributed by atoms with van der Waals surface area (Å²) in [5, 5.41) is 4.13. The fourth-order valence-corrected chi connectivity index (χ4v) is 3.29. The van der Waals surface area contributed by atoms with E-state index in [1.165, 1.54) is 18.4 Å². The predicted molar refractivity (Wildman–Crippen MR) is 94.9 cm³/mol. The normalized spacial score (nSPS) is 18.5. The first-order valence-electron chi connectivity index (χ1n) is 8.90. The quantitative estimate of drug-likeness (QED) is 0.790. The summed E-state index contributed by atoms with van der Waals surface area (Å²) in [6.07, 6.45) is 3.43. The zero-order valence-electron chi connectivity index (χ0n) is 15.5. The van der Waals surface area contributed by atoms with Crippen LogP contribution in [0, 0.1) is 0 Å². The average Bonchev–Trinajstić information content (AvgIpc) is 3.12. The van der Waals surface area contributed by atoms with Gasteiger partial charge in [-0.2, -0.15) is 4.98 Å². The van der Waals surface area contributed by atoms with Crippen molar-refractivity contribution < 1.29 is 14.0 Å². The summed E-state index contributed by atoms with van der Waals surface area (Å²) in [5.41, 5.74) is 1.19. The Bertz CT molecular complexity index is 699. The summed E-state index contributed by atoms with van der Waals surface area (Å²) in [4.78, 5) is 7.04. The van der Waals surface area contributed by atoms with Crippen LogP contribution in [0.4, 0.5) is 0 Å². The molecule has 2 heterocycles. The highest BCUT2D eigenvalue weighted by molar-refractivity contribution is 5.42. The lowest BCUT2D eigenvalue weighted by Gasteiger charge is -2.33. The van der Waals surface area contributed by atoms with Crippen molar-refractivity contribution in [3.8, 4) is 11.5 Å². The molecule has 0 aliphatic carbocycles. The fraction of sp³-hybridized carbons (Fsp3) is 0.579. The largest absolute Gasteiger partial charge is 0.493 e. The molecule has 136 valence electrons. The molecule has 0 spiro atoms. The first-order valence-corrected chi connectivity index (χ1v) is 8.90. The van der Waals surface area contributed by atoms with Crippen molar-refractivity contribution in [1.29, 1.82) is 0 Å². The fourth-order valence-electron chi connectivity index (χ4n) is 3.29. The molecule has 1 fully saturated rings. The molecule has 1 atom stereocenters. The van der Waals surface area contributed by atoms with Gasteiger partial charge in [-0.1, -0.05) is 31.5 Å². The highest BCUT2D eigenvalue weighted by atomic mass is 16.5. The van der Waals surface area contributed by atoms with Crippen molar-refractivity contribution in [3.63, 3.8) is 0 Å². The maximum atomic E-state index is 5.57. The van der Waals surface area contributed by atoms with E-state index in [0.717, 1.165) is 42.7 Å². The summed E-state index contributed by atoms with van der Waals surface area (Å²) in [6, 6.07) is 6.26. The van der Waals surface area contributed by atoms with Gasteiger partial charge in [-0.15, -0.1) is 0 Å². The van der Waals surface area contributed by atoms with Crippen molar-refractivity contribution in [2.24, 2.45) is 0 Å². The van der Waals surface area contributed by atoms with Crippen molar-refractivity contribution in [2.75, 3.05) is 20.8 Å². The maximum Gasteiger partial charge on any atom is 0.244 e. The van der Waals surface area contributed by atoms with E-state index < -0.39 is 0 Å². The molecule has 25 heavy (non-hydrogen) atoms. The number of piperidine rings is 1. The van der Waals surface area contributed by atoms with E-state index in [4.69, 9.17) is 14.0 Å². The van der Waals surface area contributed by atoms with Crippen LogP contribution in [-0.2, 0) is 6.54 Å². The van der Waals surface area contributed by atoms with E-state index in [1.807, 2.05) is 12.1 Å². The Morgan fingerprint density at radius 1 is 1.20 bits per heavy atom. The molecule has 1 aliphatic rings. The number of methoxy groups -OCH3 is 2. The van der Waals surface area contributed by atoms with Crippen molar-refractivity contribution in [1.82, 2.24) is 15.0 Å². The number of benzene rings is 1. The lowest BCUT2D eigenvalue weighted by Crippen LogP contribution is -2.33. The van der Waals surface area contributed by atoms with Gasteiger partial charge in [0.1, 0.15) is 0 Å². The average molecular weight is 345 g/mol. The molecule has 1 aromatic carbocycles. The van der Waals surface area contributed by atoms with E-state index in [-0.39, 0.29) is 12.0 Å². The molecular weight excluding hydrogens is 318 g/mol. The van der Waals surface area contributed by atoms with Crippen LogP contribution in [-0.4, -0.2) is 35.8 Å². The minimum Gasteiger partial charge on any atom is -0.493 e. The monoisotopic (exact) mass is 345 g/mol. The Labute approximate surface area is 149 Å². The second-order valence-corrected chi connectivity index (χ2v) is 6.82. The Morgan fingerprint density at radius 2 is 2.00 bits per heavy atom. The number of hydrogen-bond donors (Lipinski definition) is 0. The summed E-state index contributed by atoms with van der Waals surface area (Å²) in [6.45, 7) is 6.01.